The lowest BCUT2D eigenvalue weighted by molar-refractivity contribution is 0.102. The Morgan fingerprint density at radius 1 is 1.31 bits per heavy atom. The largest absolute Gasteiger partial charge is 0.393 e. The van der Waals surface area contributed by atoms with E-state index in [1.807, 2.05) is 6.92 Å². The molecule has 0 aliphatic carbocycles. The van der Waals surface area contributed by atoms with Gasteiger partial charge < -0.3 is 5.11 Å². The first-order valence-electron chi connectivity index (χ1n) is 5.38. The van der Waals surface area contributed by atoms with Crippen LogP contribution in [0, 0.1) is 11.8 Å². The molecule has 0 saturated carbocycles. The maximum atomic E-state index is 9.60. The lowest BCUT2D eigenvalue weighted by Gasteiger charge is -2.22. The van der Waals surface area contributed by atoms with Crippen molar-refractivity contribution in [2.45, 2.75) is 53.1 Å². The highest BCUT2D eigenvalue weighted by Crippen LogP contribution is 2.23. The molecule has 0 aliphatic rings. The first-order valence-corrected chi connectivity index (χ1v) is 5.38. The predicted octanol–water partition coefficient (Wildman–Crippen LogP) is 3.39. The van der Waals surface area contributed by atoms with E-state index in [-0.39, 0.29) is 6.10 Å². The molecule has 0 aliphatic heterocycles. The van der Waals surface area contributed by atoms with Gasteiger partial charge in [-0.3, -0.25) is 0 Å². The van der Waals surface area contributed by atoms with E-state index in [2.05, 4.69) is 27.4 Å². The second-order valence-corrected chi connectivity index (χ2v) is 4.10. The number of aliphatic hydroxyl groups excluding tert-OH is 1. The summed E-state index contributed by atoms with van der Waals surface area (Å²) in [5, 5.41) is 9.60. The van der Waals surface area contributed by atoms with Crippen LogP contribution in [0.4, 0.5) is 0 Å². The summed E-state index contributed by atoms with van der Waals surface area (Å²) in [6.07, 6.45) is 2.82. The predicted molar refractivity (Wildman–Crippen MR) is 58.7 cm³/mol. The molecule has 0 unspecified atom stereocenters. The van der Waals surface area contributed by atoms with Crippen molar-refractivity contribution in [3.05, 3.63) is 12.2 Å². The van der Waals surface area contributed by atoms with Crippen molar-refractivity contribution in [2.24, 2.45) is 11.8 Å². The summed E-state index contributed by atoms with van der Waals surface area (Å²) >= 11 is 0. The van der Waals surface area contributed by atoms with Gasteiger partial charge in [-0.2, -0.15) is 0 Å². The lowest BCUT2D eigenvalue weighted by atomic mass is 9.87. The quantitative estimate of drug-likeness (QED) is 0.627. The summed E-state index contributed by atoms with van der Waals surface area (Å²) in [6.45, 7) is 12.5. The smallest absolute Gasteiger partial charge is 0.0563 e. The summed E-state index contributed by atoms with van der Waals surface area (Å²) in [5.41, 5.74) is 1.30. The second-order valence-electron chi connectivity index (χ2n) is 4.10. The van der Waals surface area contributed by atoms with Crippen molar-refractivity contribution in [1.29, 1.82) is 0 Å². The third-order valence-electron chi connectivity index (χ3n) is 2.95. The van der Waals surface area contributed by atoms with Crippen molar-refractivity contribution in [1.82, 2.24) is 0 Å². The van der Waals surface area contributed by atoms with Crippen molar-refractivity contribution >= 4 is 0 Å². The zero-order chi connectivity index (χ0) is 10.4. The lowest BCUT2D eigenvalue weighted by Crippen LogP contribution is -2.19. The summed E-state index contributed by atoms with van der Waals surface area (Å²) in [6, 6.07) is 0. The topological polar surface area (TPSA) is 20.2 Å². The van der Waals surface area contributed by atoms with E-state index in [0.29, 0.717) is 11.8 Å². The maximum absolute atomic E-state index is 9.60. The van der Waals surface area contributed by atoms with Crippen LogP contribution in [-0.2, 0) is 0 Å². The van der Waals surface area contributed by atoms with Crippen LogP contribution < -0.4 is 0 Å². The zero-order valence-electron chi connectivity index (χ0n) is 9.51. The van der Waals surface area contributed by atoms with Gasteiger partial charge in [0.05, 0.1) is 6.10 Å². The highest BCUT2D eigenvalue weighted by molar-refractivity contribution is 4.98. The van der Waals surface area contributed by atoms with E-state index in [0.717, 1.165) is 19.3 Å². The molecule has 0 spiro atoms. The van der Waals surface area contributed by atoms with Gasteiger partial charge >= 0.3 is 0 Å². The minimum absolute atomic E-state index is 0.146. The van der Waals surface area contributed by atoms with E-state index < -0.39 is 0 Å². The van der Waals surface area contributed by atoms with Gasteiger partial charge in [-0.15, -0.1) is 0 Å². The fourth-order valence-electron chi connectivity index (χ4n) is 1.63. The molecule has 0 fully saturated rings. The summed E-state index contributed by atoms with van der Waals surface area (Å²) in [7, 11) is 0. The molecule has 0 bridgehead atoms. The van der Waals surface area contributed by atoms with Crippen LogP contribution in [0.25, 0.3) is 0 Å². The summed E-state index contributed by atoms with van der Waals surface area (Å²) in [5.74, 6) is 0.935. The van der Waals surface area contributed by atoms with Gasteiger partial charge in [0.25, 0.3) is 0 Å². The van der Waals surface area contributed by atoms with E-state index in [1.54, 1.807) is 0 Å². The van der Waals surface area contributed by atoms with Gasteiger partial charge in [0.15, 0.2) is 0 Å². The molecule has 0 heterocycles. The monoisotopic (exact) mass is 184 g/mol. The first-order chi connectivity index (χ1) is 6.02. The SMILES string of the molecule is C=C(CC)[C@@H](C)C[C@H](C)[C@@H](O)CC. The summed E-state index contributed by atoms with van der Waals surface area (Å²) in [4.78, 5) is 0. The Labute approximate surface area is 82.9 Å². The highest BCUT2D eigenvalue weighted by Gasteiger charge is 2.16. The van der Waals surface area contributed by atoms with Crippen LogP contribution in [0.15, 0.2) is 12.2 Å². The molecule has 0 aromatic heterocycles. The first kappa shape index (κ1) is 12.7. The molecule has 0 saturated heterocycles. The second kappa shape index (κ2) is 6.20. The Balaban J connectivity index is 3.90. The third-order valence-corrected chi connectivity index (χ3v) is 2.95. The molecule has 0 rings (SSSR count). The minimum atomic E-state index is -0.146. The highest BCUT2D eigenvalue weighted by atomic mass is 16.3. The normalized spacial score (nSPS) is 17.9. The van der Waals surface area contributed by atoms with Crippen LogP contribution >= 0.6 is 0 Å². The number of aliphatic hydroxyl groups is 1. The Bertz CT molecular complexity index is 151. The standard InChI is InChI=1S/C12H24O/c1-6-9(3)10(4)8-11(5)12(13)7-2/h10-13H,3,6-8H2,1-2,4-5H3/t10-,11-,12-/m0/s1. The van der Waals surface area contributed by atoms with Gasteiger partial charge in [0.1, 0.15) is 0 Å². The van der Waals surface area contributed by atoms with Gasteiger partial charge in [-0.25, -0.2) is 0 Å². The molecule has 3 atom stereocenters. The number of hydrogen-bond donors (Lipinski definition) is 1. The molecule has 0 amide bonds. The van der Waals surface area contributed by atoms with Crippen molar-refractivity contribution in [2.75, 3.05) is 0 Å². The molecular formula is C12H24O. The number of hydrogen-bond acceptors (Lipinski definition) is 1. The molecule has 0 aromatic carbocycles. The van der Waals surface area contributed by atoms with Gasteiger partial charge in [0, 0.05) is 0 Å². The van der Waals surface area contributed by atoms with Crippen LogP contribution in [0.2, 0.25) is 0 Å². The minimum Gasteiger partial charge on any atom is -0.393 e. The molecule has 1 heteroatoms. The maximum Gasteiger partial charge on any atom is 0.0563 e. The van der Waals surface area contributed by atoms with Crippen LogP contribution in [-0.4, -0.2) is 11.2 Å². The van der Waals surface area contributed by atoms with Gasteiger partial charge in [-0.1, -0.05) is 39.8 Å². The molecule has 13 heavy (non-hydrogen) atoms. The van der Waals surface area contributed by atoms with E-state index in [1.165, 1.54) is 5.57 Å². The average Bonchev–Trinajstić information content (AvgIpc) is 2.14. The van der Waals surface area contributed by atoms with E-state index >= 15 is 0 Å². The molecule has 1 N–H and O–H groups in total. The Morgan fingerprint density at radius 2 is 1.85 bits per heavy atom. The Morgan fingerprint density at radius 3 is 2.23 bits per heavy atom. The average molecular weight is 184 g/mol. The molecular weight excluding hydrogens is 160 g/mol. The third kappa shape index (κ3) is 4.47. The summed E-state index contributed by atoms with van der Waals surface area (Å²) < 4.78 is 0. The number of allylic oxidation sites excluding steroid dienone is 1. The van der Waals surface area contributed by atoms with Crippen LogP contribution in [0.3, 0.4) is 0 Å². The van der Waals surface area contributed by atoms with E-state index in [9.17, 15) is 5.11 Å². The molecule has 78 valence electrons. The van der Waals surface area contributed by atoms with E-state index in [4.69, 9.17) is 0 Å². The van der Waals surface area contributed by atoms with Gasteiger partial charge in [0.2, 0.25) is 0 Å². The molecule has 1 nitrogen and oxygen atoms in total. The Hall–Kier alpha value is -0.300. The fourth-order valence-corrected chi connectivity index (χ4v) is 1.63. The van der Waals surface area contributed by atoms with Crippen molar-refractivity contribution in [3.8, 4) is 0 Å². The number of rotatable bonds is 6. The zero-order valence-corrected chi connectivity index (χ0v) is 9.51. The molecule has 0 radical (unpaired) electrons. The van der Waals surface area contributed by atoms with Crippen molar-refractivity contribution in [3.63, 3.8) is 0 Å². The fraction of sp³-hybridized carbons (Fsp3) is 0.833. The van der Waals surface area contributed by atoms with Crippen LogP contribution in [0.1, 0.15) is 47.0 Å². The molecule has 0 aromatic rings. The Kier molecular flexibility index (Phi) is 6.06. The van der Waals surface area contributed by atoms with Crippen LogP contribution in [0.5, 0.6) is 0 Å². The van der Waals surface area contributed by atoms with Crippen molar-refractivity contribution < 1.29 is 5.11 Å². The van der Waals surface area contributed by atoms with Gasteiger partial charge in [-0.05, 0) is 31.1 Å².